The Labute approximate surface area is 165 Å². The topological polar surface area (TPSA) is 59.3 Å². The highest BCUT2D eigenvalue weighted by atomic mass is 35.5. The first kappa shape index (κ1) is 18.0. The number of aryl methyl sites for hydroxylation is 1. The second-order valence-corrected chi connectivity index (χ2v) is 8.69. The molecule has 1 aliphatic rings. The Balaban J connectivity index is 1.82. The standard InChI is InChI=1S/C17H19Cl2N5OS/c1-10-20-17-24(21-10)16(25)15(26-17)14(23-7-5-22(2)6-8-23)11-3-4-12(18)13(19)9-11/h3-4,9,14,25H,5-8H2,1-2H3/p+2/t14-/m1/s1. The summed E-state index contributed by atoms with van der Waals surface area (Å²) in [5.74, 6) is 0.820. The van der Waals surface area contributed by atoms with E-state index in [0.717, 1.165) is 36.6 Å². The fraction of sp³-hybridized carbons (Fsp3) is 0.412. The predicted octanol–water partition coefficient (Wildman–Crippen LogP) is 0.614. The molecular formula is C17H21Cl2N5OS+2. The molecular weight excluding hydrogens is 393 g/mol. The van der Waals surface area contributed by atoms with Crippen molar-refractivity contribution >= 4 is 39.5 Å². The molecule has 6 nitrogen and oxygen atoms in total. The van der Waals surface area contributed by atoms with Gasteiger partial charge in [-0.3, -0.25) is 0 Å². The SMILES string of the molecule is Cc1nc2sc([C@@H](c3ccc(Cl)c(Cl)c3)[NH+]3CC[NH+](C)CC3)c(O)n2n1. The largest absolute Gasteiger partial charge is 0.492 e. The molecule has 0 aliphatic carbocycles. The summed E-state index contributed by atoms with van der Waals surface area (Å²) >= 11 is 13.9. The van der Waals surface area contributed by atoms with Crippen LogP contribution in [0.1, 0.15) is 22.3 Å². The molecule has 0 amide bonds. The summed E-state index contributed by atoms with van der Waals surface area (Å²) in [6.45, 7) is 6.04. The number of halogens is 2. The molecule has 2 aromatic heterocycles. The molecule has 3 N–H and O–H groups in total. The first-order chi connectivity index (χ1) is 12.4. The van der Waals surface area contributed by atoms with Gasteiger partial charge in [0, 0.05) is 5.56 Å². The molecule has 0 saturated carbocycles. The van der Waals surface area contributed by atoms with Gasteiger partial charge >= 0.3 is 0 Å². The molecule has 0 spiro atoms. The van der Waals surface area contributed by atoms with Crippen LogP contribution in [-0.4, -0.2) is 52.9 Å². The number of piperazine rings is 1. The Morgan fingerprint density at radius 1 is 1.19 bits per heavy atom. The second kappa shape index (κ2) is 6.98. The van der Waals surface area contributed by atoms with Gasteiger partial charge in [0.1, 0.15) is 36.9 Å². The maximum atomic E-state index is 10.8. The van der Waals surface area contributed by atoms with Crippen LogP contribution < -0.4 is 9.80 Å². The summed E-state index contributed by atoms with van der Waals surface area (Å²) in [4.78, 5) is 8.92. The lowest BCUT2D eigenvalue weighted by molar-refractivity contribution is -1.02. The van der Waals surface area contributed by atoms with E-state index in [2.05, 4.69) is 17.1 Å². The number of rotatable bonds is 3. The Kier molecular flexibility index (Phi) is 4.83. The fourth-order valence-electron chi connectivity index (χ4n) is 3.59. The molecule has 1 fully saturated rings. The van der Waals surface area contributed by atoms with Crippen LogP contribution in [0.25, 0.3) is 4.96 Å². The molecule has 3 heterocycles. The number of aromatic nitrogens is 3. The number of quaternary nitrogens is 2. The van der Waals surface area contributed by atoms with Crippen LogP contribution in [-0.2, 0) is 0 Å². The third kappa shape index (κ3) is 3.18. The number of thiazole rings is 1. The average Bonchev–Trinajstić information content (AvgIpc) is 3.11. The lowest BCUT2D eigenvalue weighted by Crippen LogP contribution is -3.27. The van der Waals surface area contributed by atoms with Gasteiger partial charge in [0.25, 0.3) is 0 Å². The molecule has 1 aromatic carbocycles. The number of benzene rings is 1. The van der Waals surface area contributed by atoms with Crippen LogP contribution in [0.4, 0.5) is 0 Å². The number of likely N-dealkylation sites (N-methyl/N-ethyl adjacent to an activating group) is 1. The minimum atomic E-state index is -0.0216. The lowest BCUT2D eigenvalue weighted by Gasteiger charge is -2.33. The van der Waals surface area contributed by atoms with Gasteiger partial charge in [-0.25, -0.2) is 4.98 Å². The van der Waals surface area contributed by atoms with E-state index >= 15 is 0 Å². The van der Waals surface area contributed by atoms with Crippen molar-refractivity contribution in [2.45, 2.75) is 13.0 Å². The van der Waals surface area contributed by atoms with Crippen molar-refractivity contribution < 1.29 is 14.9 Å². The first-order valence-corrected chi connectivity index (χ1v) is 10.2. The molecule has 0 bridgehead atoms. The van der Waals surface area contributed by atoms with Crippen molar-refractivity contribution in [1.29, 1.82) is 0 Å². The number of hydrogen-bond donors (Lipinski definition) is 3. The Morgan fingerprint density at radius 3 is 2.58 bits per heavy atom. The Morgan fingerprint density at radius 2 is 1.92 bits per heavy atom. The van der Waals surface area contributed by atoms with E-state index in [1.165, 1.54) is 25.7 Å². The number of fused-ring (bicyclic) bond motifs is 1. The number of hydrogen-bond acceptors (Lipinski definition) is 4. The third-order valence-corrected chi connectivity index (χ3v) is 6.82. The van der Waals surface area contributed by atoms with E-state index in [1.54, 1.807) is 0 Å². The van der Waals surface area contributed by atoms with Crippen LogP contribution in [0.2, 0.25) is 10.0 Å². The van der Waals surface area contributed by atoms with Crippen LogP contribution in [0.5, 0.6) is 5.88 Å². The summed E-state index contributed by atoms with van der Waals surface area (Å²) in [5, 5.41) is 16.2. The molecule has 138 valence electrons. The maximum absolute atomic E-state index is 10.8. The maximum Gasteiger partial charge on any atom is 0.235 e. The minimum absolute atomic E-state index is 0.0216. The minimum Gasteiger partial charge on any atom is -0.492 e. The van der Waals surface area contributed by atoms with Crippen molar-refractivity contribution in [3.63, 3.8) is 0 Å². The molecule has 1 saturated heterocycles. The van der Waals surface area contributed by atoms with Gasteiger partial charge in [-0.15, -0.1) is 5.10 Å². The second-order valence-electron chi connectivity index (χ2n) is 6.87. The zero-order valence-electron chi connectivity index (χ0n) is 14.6. The number of nitrogens with one attached hydrogen (secondary N) is 2. The summed E-state index contributed by atoms with van der Waals surface area (Å²) in [7, 11) is 2.22. The Hall–Kier alpha value is -1.38. The van der Waals surface area contributed by atoms with E-state index in [-0.39, 0.29) is 11.9 Å². The van der Waals surface area contributed by atoms with Gasteiger partial charge in [-0.2, -0.15) is 4.52 Å². The molecule has 4 rings (SSSR count). The van der Waals surface area contributed by atoms with Crippen molar-refractivity contribution in [3.05, 3.63) is 44.5 Å². The average molecular weight is 414 g/mol. The summed E-state index contributed by atoms with van der Waals surface area (Å²) in [6, 6.07) is 5.71. The van der Waals surface area contributed by atoms with Gasteiger partial charge in [0.15, 0.2) is 6.04 Å². The van der Waals surface area contributed by atoms with Gasteiger partial charge < -0.3 is 14.9 Å². The molecule has 9 heteroatoms. The van der Waals surface area contributed by atoms with Crippen molar-refractivity contribution in [3.8, 4) is 5.88 Å². The van der Waals surface area contributed by atoms with Crippen LogP contribution in [0.3, 0.4) is 0 Å². The zero-order valence-corrected chi connectivity index (χ0v) is 16.9. The van der Waals surface area contributed by atoms with Crippen LogP contribution in [0, 0.1) is 6.92 Å². The van der Waals surface area contributed by atoms with E-state index in [9.17, 15) is 5.11 Å². The number of nitrogens with zero attached hydrogens (tertiary/aromatic N) is 3. The van der Waals surface area contributed by atoms with Crippen molar-refractivity contribution in [1.82, 2.24) is 14.6 Å². The van der Waals surface area contributed by atoms with E-state index in [4.69, 9.17) is 23.2 Å². The van der Waals surface area contributed by atoms with Gasteiger partial charge in [-0.05, 0) is 19.1 Å². The normalized spacial score (nSPS) is 22.0. The zero-order chi connectivity index (χ0) is 18.4. The van der Waals surface area contributed by atoms with Crippen LogP contribution >= 0.6 is 34.5 Å². The smallest absolute Gasteiger partial charge is 0.235 e. The summed E-state index contributed by atoms with van der Waals surface area (Å²) in [5.41, 5.74) is 1.05. The lowest BCUT2D eigenvalue weighted by atomic mass is 10.0. The summed E-state index contributed by atoms with van der Waals surface area (Å²) < 4.78 is 1.53. The third-order valence-electron chi connectivity index (χ3n) is 5.00. The van der Waals surface area contributed by atoms with Crippen LogP contribution in [0.15, 0.2) is 18.2 Å². The Bertz CT molecular complexity index is 948. The van der Waals surface area contributed by atoms with E-state index < -0.39 is 0 Å². The van der Waals surface area contributed by atoms with E-state index in [0.29, 0.717) is 20.8 Å². The van der Waals surface area contributed by atoms with E-state index in [1.807, 2.05) is 25.1 Å². The quantitative estimate of drug-likeness (QED) is 0.589. The molecule has 1 atom stereocenters. The number of aromatic hydroxyl groups is 1. The van der Waals surface area contributed by atoms with Crippen molar-refractivity contribution in [2.24, 2.45) is 0 Å². The highest BCUT2D eigenvalue weighted by molar-refractivity contribution is 7.17. The molecule has 26 heavy (non-hydrogen) atoms. The highest BCUT2D eigenvalue weighted by Crippen LogP contribution is 2.36. The first-order valence-electron chi connectivity index (χ1n) is 8.60. The molecule has 0 unspecified atom stereocenters. The monoisotopic (exact) mass is 413 g/mol. The highest BCUT2D eigenvalue weighted by Gasteiger charge is 2.35. The molecule has 1 aliphatic heterocycles. The van der Waals surface area contributed by atoms with Gasteiger partial charge in [-0.1, -0.05) is 40.6 Å². The van der Waals surface area contributed by atoms with Crippen molar-refractivity contribution in [2.75, 3.05) is 33.2 Å². The molecule has 0 radical (unpaired) electrons. The van der Waals surface area contributed by atoms with Gasteiger partial charge in [0.05, 0.1) is 17.1 Å². The van der Waals surface area contributed by atoms with Gasteiger partial charge in [0.2, 0.25) is 10.8 Å². The predicted molar refractivity (Wildman–Crippen MR) is 103 cm³/mol. The molecule has 3 aromatic rings. The fourth-order valence-corrected chi connectivity index (χ4v) is 5.08. The summed E-state index contributed by atoms with van der Waals surface area (Å²) in [6.07, 6.45) is 0.